The number of rotatable bonds is 3. The van der Waals surface area contributed by atoms with E-state index >= 15 is 0 Å². The Morgan fingerprint density at radius 1 is 1.38 bits per heavy atom. The van der Waals surface area contributed by atoms with Gasteiger partial charge < -0.3 is 14.4 Å². The molecule has 6 nitrogen and oxygen atoms in total. The van der Waals surface area contributed by atoms with Crippen molar-refractivity contribution in [3.8, 4) is 0 Å². The van der Waals surface area contributed by atoms with Gasteiger partial charge in [0.05, 0.1) is 19.2 Å². The number of amides is 1. The van der Waals surface area contributed by atoms with Gasteiger partial charge in [0.1, 0.15) is 11.5 Å². The standard InChI is InChI=1S/C9H17NO5S/c1-9(2,3)15-8(11)10-4-7(5-10)14-6-16(12)13/h7,16H,4-6H2,1-3H3. The molecule has 1 saturated heterocycles. The molecule has 0 saturated carbocycles. The maximum absolute atomic E-state index is 11.5. The van der Waals surface area contributed by atoms with E-state index in [0.717, 1.165) is 0 Å². The summed E-state index contributed by atoms with van der Waals surface area (Å²) >= 11 is 0. The van der Waals surface area contributed by atoms with Crippen molar-refractivity contribution in [3.05, 3.63) is 0 Å². The highest BCUT2D eigenvalue weighted by atomic mass is 32.2. The first-order chi connectivity index (χ1) is 7.28. The summed E-state index contributed by atoms with van der Waals surface area (Å²) in [4.78, 5) is 12.9. The summed E-state index contributed by atoms with van der Waals surface area (Å²) in [5.41, 5.74) is -0.513. The Bertz CT molecular complexity index is 319. The number of carbonyl (C=O) groups is 1. The molecule has 0 radical (unpaired) electrons. The summed E-state index contributed by atoms with van der Waals surface area (Å²) < 4.78 is 30.6. The van der Waals surface area contributed by atoms with E-state index in [0.29, 0.717) is 13.1 Å². The molecule has 0 aromatic rings. The summed E-state index contributed by atoms with van der Waals surface area (Å²) in [5.74, 6) is -0.290. The van der Waals surface area contributed by atoms with Crippen LogP contribution in [0.15, 0.2) is 0 Å². The number of carbonyl (C=O) groups excluding carboxylic acids is 1. The van der Waals surface area contributed by atoms with E-state index in [2.05, 4.69) is 0 Å². The molecule has 0 bridgehead atoms. The van der Waals surface area contributed by atoms with Gasteiger partial charge in [-0.3, -0.25) is 0 Å². The summed E-state index contributed by atoms with van der Waals surface area (Å²) in [5, 5.41) is 0. The topological polar surface area (TPSA) is 72.9 Å². The molecule has 1 rings (SSSR count). The van der Waals surface area contributed by atoms with E-state index < -0.39 is 16.3 Å². The minimum Gasteiger partial charge on any atom is -0.444 e. The Balaban J connectivity index is 2.23. The van der Waals surface area contributed by atoms with Gasteiger partial charge in [-0.25, -0.2) is 13.2 Å². The van der Waals surface area contributed by atoms with Gasteiger partial charge in [0.15, 0.2) is 10.7 Å². The summed E-state index contributed by atoms with van der Waals surface area (Å²) in [6, 6.07) is 0. The fourth-order valence-corrected chi connectivity index (χ4v) is 1.52. The van der Waals surface area contributed by atoms with Gasteiger partial charge in [-0.2, -0.15) is 0 Å². The summed E-state index contributed by atoms with van der Waals surface area (Å²) in [6.45, 7) is 6.15. The normalized spacial score (nSPS) is 17.4. The number of thiol groups is 1. The minimum atomic E-state index is -2.51. The Morgan fingerprint density at radius 2 is 1.94 bits per heavy atom. The number of hydrogen-bond acceptors (Lipinski definition) is 5. The molecule has 0 unspecified atom stereocenters. The Hall–Kier alpha value is -0.820. The van der Waals surface area contributed by atoms with Gasteiger partial charge in [-0.05, 0) is 20.8 Å². The highest BCUT2D eigenvalue weighted by Crippen LogP contribution is 2.16. The predicted octanol–water partition coefficient (Wildman–Crippen LogP) is 0.191. The van der Waals surface area contributed by atoms with Crippen LogP contribution < -0.4 is 0 Å². The van der Waals surface area contributed by atoms with E-state index in [1.54, 1.807) is 20.8 Å². The average Bonchev–Trinajstić information content (AvgIpc) is 1.96. The van der Waals surface area contributed by atoms with Crippen LogP contribution in [-0.4, -0.2) is 50.1 Å². The van der Waals surface area contributed by atoms with Crippen LogP contribution in [0.2, 0.25) is 0 Å². The fraction of sp³-hybridized carbons (Fsp3) is 0.889. The van der Waals surface area contributed by atoms with E-state index in [-0.39, 0.29) is 18.1 Å². The zero-order chi connectivity index (χ0) is 12.3. The van der Waals surface area contributed by atoms with Crippen LogP contribution in [0.3, 0.4) is 0 Å². The van der Waals surface area contributed by atoms with Crippen LogP contribution in [0.4, 0.5) is 4.79 Å². The number of likely N-dealkylation sites (tertiary alicyclic amines) is 1. The molecule has 7 heteroatoms. The van der Waals surface area contributed by atoms with Crippen LogP contribution in [0, 0.1) is 0 Å². The average molecular weight is 251 g/mol. The Kier molecular flexibility index (Phi) is 4.15. The lowest BCUT2D eigenvalue weighted by Crippen LogP contribution is -2.56. The Morgan fingerprint density at radius 3 is 2.38 bits per heavy atom. The maximum Gasteiger partial charge on any atom is 0.410 e. The highest BCUT2D eigenvalue weighted by Gasteiger charge is 2.34. The maximum atomic E-state index is 11.5. The second kappa shape index (κ2) is 5.01. The largest absolute Gasteiger partial charge is 0.444 e. The van der Waals surface area contributed by atoms with Crippen molar-refractivity contribution in [1.82, 2.24) is 4.90 Å². The quantitative estimate of drug-likeness (QED) is 0.725. The molecular weight excluding hydrogens is 234 g/mol. The van der Waals surface area contributed by atoms with Gasteiger partial charge >= 0.3 is 6.09 Å². The van der Waals surface area contributed by atoms with E-state index in [4.69, 9.17) is 9.47 Å². The third-order valence-electron chi connectivity index (χ3n) is 1.92. The van der Waals surface area contributed by atoms with Crippen molar-refractivity contribution < 1.29 is 22.7 Å². The lowest BCUT2D eigenvalue weighted by molar-refractivity contribution is -0.0511. The van der Waals surface area contributed by atoms with Crippen molar-refractivity contribution in [2.45, 2.75) is 32.5 Å². The molecule has 0 spiro atoms. The van der Waals surface area contributed by atoms with Gasteiger partial charge in [-0.1, -0.05) is 0 Å². The van der Waals surface area contributed by atoms with Gasteiger partial charge in [0.2, 0.25) is 0 Å². The molecule has 1 aliphatic heterocycles. The van der Waals surface area contributed by atoms with Crippen LogP contribution in [-0.2, 0) is 20.2 Å². The van der Waals surface area contributed by atoms with Crippen molar-refractivity contribution in [1.29, 1.82) is 0 Å². The molecule has 1 fully saturated rings. The fourth-order valence-electron chi connectivity index (χ4n) is 1.19. The smallest absolute Gasteiger partial charge is 0.410 e. The number of hydrogen-bond donors (Lipinski definition) is 1. The van der Waals surface area contributed by atoms with Crippen molar-refractivity contribution in [2.24, 2.45) is 0 Å². The Labute approximate surface area is 96.5 Å². The third-order valence-corrected chi connectivity index (χ3v) is 2.28. The number of ether oxygens (including phenoxy) is 2. The lowest BCUT2D eigenvalue weighted by Gasteiger charge is -2.38. The molecule has 0 aromatic heterocycles. The van der Waals surface area contributed by atoms with Gasteiger partial charge in [0.25, 0.3) is 0 Å². The summed E-state index contributed by atoms with van der Waals surface area (Å²) in [7, 11) is -2.51. The monoisotopic (exact) mass is 251 g/mol. The first kappa shape index (κ1) is 13.2. The molecule has 1 amide bonds. The predicted molar refractivity (Wildman–Crippen MR) is 57.9 cm³/mol. The zero-order valence-electron chi connectivity index (χ0n) is 9.63. The van der Waals surface area contributed by atoms with Crippen LogP contribution in [0.5, 0.6) is 0 Å². The molecular formula is C9H17NO5S. The van der Waals surface area contributed by atoms with Gasteiger partial charge in [-0.15, -0.1) is 0 Å². The van der Waals surface area contributed by atoms with Crippen molar-refractivity contribution in [3.63, 3.8) is 0 Å². The second-order valence-corrected chi connectivity index (χ2v) is 5.56. The molecule has 0 N–H and O–H groups in total. The van der Waals surface area contributed by atoms with Crippen LogP contribution in [0.25, 0.3) is 0 Å². The molecule has 0 aromatic carbocycles. The van der Waals surface area contributed by atoms with Gasteiger partial charge in [0, 0.05) is 0 Å². The molecule has 0 aliphatic carbocycles. The third kappa shape index (κ3) is 4.36. The van der Waals surface area contributed by atoms with E-state index in [9.17, 15) is 13.2 Å². The number of nitrogens with zero attached hydrogens (tertiary/aromatic N) is 1. The lowest BCUT2D eigenvalue weighted by atomic mass is 10.2. The second-order valence-electron chi connectivity index (χ2n) is 4.64. The SMILES string of the molecule is CC(C)(C)OC(=O)N1CC(OC[SH](=O)=O)C1. The minimum absolute atomic E-state index is 0.194. The first-order valence-corrected chi connectivity index (χ1v) is 6.35. The van der Waals surface area contributed by atoms with Crippen molar-refractivity contribution >= 4 is 16.8 Å². The molecule has 1 heterocycles. The first-order valence-electron chi connectivity index (χ1n) is 4.99. The highest BCUT2D eigenvalue weighted by molar-refractivity contribution is 7.72. The molecule has 16 heavy (non-hydrogen) atoms. The molecule has 94 valence electrons. The molecule has 0 atom stereocenters. The molecule has 1 aliphatic rings. The van der Waals surface area contributed by atoms with E-state index in [1.165, 1.54) is 4.90 Å². The van der Waals surface area contributed by atoms with Crippen LogP contribution >= 0.6 is 0 Å². The van der Waals surface area contributed by atoms with Crippen molar-refractivity contribution in [2.75, 3.05) is 19.0 Å². The van der Waals surface area contributed by atoms with E-state index in [1.807, 2.05) is 0 Å². The summed E-state index contributed by atoms with van der Waals surface area (Å²) in [6.07, 6.45) is -0.584. The van der Waals surface area contributed by atoms with Crippen LogP contribution in [0.1, 0.15) is 20.8 Å². The zero-order valence-corrected chi connectivity index (χ0v) is 10.5.